The molecular weight excluding hydrogens is 316 g/mol. The van der Waals surface area contributed by atoms with Crippen LogP contribution in [-0.2, 0) is 20.8 Å². The fourth-order valence-corrected chi connectivity index (χ4v) is 3.64. The molecule has 9 heteroatoms. The lowest BCUT2D eigenvalue weighted by Gasteiger charge is -2.04. The molecule has 1 aliphatic carbocycles. The van der Waals surface area contributed by atoms with Crippen LogP contribution in [0.3, 0.4) is 0 Å². The number of carbonyl (C=O) groups is 1. The summed E-state index contributed by atoms with van der Waals surface area (Å²) in [6.45, 7) is 0.179. The summed E-state index contributed by atoms with van der Waals surface area (Å²) < 4.78 is 39.1. The minimum Gasteiger partial charge on any atom is -0.477 e. The first-order chi connectivity index (χ1) is 9.81. The van der Waals surface area contributed by atoms with E-state index in [1.54, 1.807) is 6.26 Å². The molecule has 1 saturated carbocycles. The van der Waals surface area contributed by atoms with Gasteiger partial charge in [-0.25, -0.2) is 17.9 Å². The molecule has 7 nitrogen and oxygen atoms in total. The molecule has 0 aromatic carbocycles. The average Bonchev–Trinajstić information content (AvgIpc) is 3.12. The summed E-state index contributed by atoms with van der Waals surface area (Å²) in [7, 11) is -4.69. The third-order valence-corrected chi connectivity index (χ3v) is 5.49. The molecule has 21 heavy (non-hydrogen) atoms. The van der Waals surface area contributed by atoms with Crippen LogP contribution in [0, 0.1) is 0 Å². The Morgan fingerprint density at radius 3 is 2.71 bits per heavy atom. The molecule has 1 heterocycles. The molecule has 1 aliphatic rings. The van der Waals surface area contributed by atoms with Crippen molar-refractivity contribution < 1.29 is 22.5 Å². The van der Waals surface area contributed by atoms with Gasteiger partial charge in [0.25, 0.3) is 0 Å². The van der Waals surface area contributed by atoms with Crippen molar-refractivity contribution in [1.29, 1.82) is 0 Å². The molecule has 1 fully saturated rings. The van der Waals surface area contributed by atoms with Gasteiger partial charge in [-0.05, 0) is 25.3 Å². The first-order valence-corrected chi connectivity index (χ1v) is 9.77. The van der Waals surface area contributed by atoms with Gasteiger partial charge in [0, 0.05) is 41.6 Å². The molecule has 1 aromatic heterocycles. The molecule has 1 aromatic rings. The lowest BCUT2D eigenvalue weighted by Crippen LogP contribution is -2.25. The lowest BCUT2D eigenvalue weighted by molar-refractivity contribution is 0.0685. The normalized spacial score (nSPS) is 16.8. The van der Waals surface area contributed by atoms with Gasteiger partial charge in [0.05, 0.1) is 0 Å². The van der Waals surface area contributed by atoms with Crippen LogP contribution in [0.4, 0.5) is 0 Å². The Labute approximate surface area is 125 Å². The number of hydrogen-bond donors (Lipinski definition) is 2. The van der Waals surface area contributed by atoms with E-state index in [1.165, 1.54) is 16.8 Å². The van der Waals surface area contributed by atoms with Crippen LogP contribution < -0.4 is 4.72 Å². The third-order valence-electron chi connectivity index (χ3n) is 3.19. The minimum atomic E-state index is -3.73. The Hall–Kier alpha value is -1.19. The Morgan fingerprint density at radius 1 is 1.52 bits per heavy atom. The predicted octanol–water partition coefficient (Wildman–Crippen LogP) is 0.568. The van der Waals surface area contributed by atoms with Crippen LogP contribution in [0.15, 0.2) is 17.2 Å². The van der Waals surface area contributed by atoms with E-state index in [2.05, 4.69) is 4.72 Å². The van der Waals surface area contributed by atoms with Gasteiger partial charge < -0.3 is 9.67 Å². The second-order valence-electron chi connectivity index (χ2n) is 5.03. The molecule has 2 N–H and O–H groups in total. The third kappa shape index (κ3) is 4.14. The number of sulfonamides is 1. The zero-order chi connectivity index (χ0) is 15.6. The number of aromatic nitrogens is 1. The van der Waals surface area contributed by atoms with Gasteiger partial charge in [0.15, 0.2) is 0 Å². The largest absolute Gasteiger partial charge is 0.477 e. The highest BCUT2D eigenvalue weighted by molar-refractivity contribution is 7.89. The Kier molecular flexibility index (Phi) is 4.84. The lowest BCUT2D eigenvalue weighted by atomic mass is 10.4. The molecule has 1 atom stereocenters. The summed E-state index contributed by atoms with van der Waals surface area (Å²) >= 11 is 0. The molecule has 1 unspecified atom stereocenters. The second kappa shape index (κ2) is 6.29. The fraction of sp³-hybridized carbons (Fsp3) is 0.583. The summed E-state index contributed by atoms with van der Waals surface area (Å²) in [4.78, 5) is 11.1. The molecule has 0 aliphatic heterocycles. The van der Waals surface area contributed by atoms with Crippen molar-refractivity contribution in [1.82, 2.24) is 9.29 Å². The standard InChI is InChI=1S/C12H18N2O5S2/c1-20(17)6-2-5-13-21(18,19)10-7-11(12(15)16)14(8-10)9-3-4-9/h7-9,13H,2-6H2,1H3,(H,15,16). The summed E-state index contributed by atoms with van der Waals surface area (Å²) in [6.07, 6.45) is 5.14. The summed E-state index contributed by atoms with van der Waals surface area (Å²) in [5.41, 5.74) is -0.00691. The van der Waals surface area contributed by atoms with Crippen molar-refractivity contribution in [3.8, 4) is 0 Å². The SMILES string of the molecule is CS(=O)CCCNS(=O)(=O)c1cc(C(=O)O)n(C2CC2)c1. The monoisotopic (exact) mass is 334 g/mol. The second-order valence-corrected chi connectivity index (χ2v) is 8.35. The van der Waals surface area contributed by atoms with E-state index >= 15 is 0 Å². The van der Waals surface area contributed by atoms with E-state index in [1.807, 2.05) is 0 Å². The van der Waals surface area contributed by atoms with Crippen LogP contribution in [0.1, 0.15) is 35.8 Å². The summed E-state index contributed by atoms with van der Waals surface area (Å²) in [5, 5.41) is 9.13. The number of carboxylic acids is 1. The maximum atomic E-state index is 12.1. The minimum absolute atomic E-state index is 0.00691. The van der Waals surface area contributed by atoms with Gasteiger partial charge in [0.1, 0.15) is 10.6 Å². The number of carboxylic acid groups (broad SMARTS) is 1. The van der Waals surface area contributed by atoms with Crippen LogP contribution >= 0.6 is 0 Å². The number of rotatable bonds is 8. The maximum Gasteiger partial charge on any atom is 0.352 e. The molecule has 0 spiro atoms. The van der Waals surface area contributed by atoms with Crippen LogP contribution in [0.5, 0.6) is 0 Å². The van der Waals surface area contributed by atoms with E-state index in [9.17, 15) is 17.4 Å². The topological polar surface area (TPSA) is 105 Å². The molecule has 0 radical (unpaired) electrons. The van der Waals surface area contributed by atoms with Crippen molar-refractivity contribution in [2.24, 2.45) is 0 Å². The highest BCUT2D eigenvalue weighted by Gasteiger charge is 2.30. The molecule has 0 amide bonds. The number of hydrogen-bond acceptors (Lipinski definition) is 4. The van der Waals surface area contributed by atoms with Crippen molar-refractivity contribution in [3.05, 3.63) is 18.0 Å². The molecular formula is C12H18N2O5S2. The molecule has 0 bridgehead atoms. The zero-order valence-electron chi connectivity index (χ0n) is 11.6. The van der Waals surface area contributed by atoms with E-state index in [4.69, 9.17) is 5.11 Å². The number of nitrogens with one attached hydrogen (secondary N) is 1. The van der Waals surface area contributed by atoms with Crippen LogP contribution in [0.2, 0.25) is 0 Å². The predicted molar refractivity (Wildman–Crippen MR) is 78.4 cm³/mol. The van der Waals surface area contributed by atoms with Crippen molar-refractivity contribution in [2.45, 2.75) is 30.2 Å². The van der Waals surface area contributed by atoms with Gasteiger partial charge in [-0.2, -0.15) is 0 Å². The molecule has 118 valence electrons. The smallest absolute Gasteiger partial charge is 0.352 e. The summed E-state index contributed by atoms with van der Waals surface area (Å²) in [5.74, 6) is -0.712. The molecule has 2 rings (SSSR count). The van der Waals surface area contributed by atoms with E-state index in [-0.39, 0.29) is 23.2 Å². The van der Waals surface area contributed by atoms with Crippen molar-refractivity contribution in [2.75, 3.05) is 18.6 Å². The van der Waals surface area contributed by atoms with E-state index in [0.717, 1.165) is 12.8 Å². The highest BCUT2D eigenvalue weighted by Crippen LogP contribution is 2.37. The van der Waals surface area contributed by atoms with Gasteiger partial charge in [0.2, 0.25) is 10.0 Å². The van der Waals surface area contributed by atoms with E-state index in [0.29, 0.717) is 12.2 Å². The Bertz CT molecular complexity index is 661. The Morgan fingerprint density at radius 2 is 2.19 bits per heavy atom. The van der Waals surface area contributed by atoms with Gasteiger partial charge >= 0.3 is 5.97 Å². The van der Waals surface area contributed by atoms with E-state index < -0.39 is 26.8 Å². The Balaban J connectivity index is 2.11. The molecule has 0 saturated heterocycles. The maximum absolute atomic E-state index is 12.1. The fourth-order valence-electron chi connectivity index (χ4n) is 1.99. The quantitative estimate of drug-likeness (QED) is 0.676. The number of nitrogens with zero attached hydrogens (tertiary/aromatic N) is 1. The van der Waals surface area contributed by atoms with Gasteiger partial charge in [-0.3, -0.25) is 4.21 Å². The van der Waals surface area contributed by atoms with Crippen molar-refractivity contribution in [3.63, 3.8) is 0 Å². The first kappa shape index (κ1) is 16.2. The average molecular weight is 334 g/mol. The highest BCUT2D eigenvalue weighted by atomic mass is 32.2. The number of aromatic carboxylic acids is 1. The van der Waals surface area contributed by atoms with Crippen LogP contribution in [0.25, 0.3) is 0 Å². The summed E-state index contributed by atoms with van der Waals surface area (Å²) in [6, 6.07) is 1.27. The van der Waals surface area contributed by atoms with Crippen LogP contribution in [-0.4, -0.2) is 46.8 Å². The zero-order valence-corrected chi connectivity index (χ0v) is 13.2. The first-order valence-electron chi connectivity index (χ1n) is 6.56. The van der Waals surface area contributed by atoms with Crippen molar-refractivity contribution >= 4 is 26.8 Å². The van der Waals surface area contributed by atoms with Gasteiger partial charge in [-0.15, -0.1) is 0 Å². The van der Waals surface area contributed by atoms with Gasteiger partial charge in [-0.1, -0.05) is 0 Å².